The van der Waals surface area contributed by atoms with Crippen molar-refractivity contribution in [2.75, 3.05) is 30.4 Å². The molecule has 3 rings (SSSR count). The first-order chi connectivity index (χ1) is 15.2. The zero-order valence-electron chi connectivity index (χ0n) is 18.8. The highest BCUT2D eigenvalue weighted by Gasteiger charge is 2.32. The van der Waals surface area contributed by atoms with Crippen molar-refractivity contribution in [1.82, 2.24) is 5.32 Å². The molecular weight excluding hydrogens is 432 g/mol. The summed E-state index contributed by atoms with van der Waals surface area (Å²) in [5.41, 5.74) is 1.24. The Balaban J connectivity index is 1.81. The van der Waals surface area contributed by atoms with Crippen LogP contribution in [0.3, 0.4) is 0 Å². The molecule has 0 aromatic heterocycles. The molecule has 0 bridgehead atoms. The minimum Gasteiger partial charge on any atom is -0.494 e. The molecule has 0 radical (unpaired) electrons. The Labute approximate surface area is 189 Å². The van der Waals surface area contributed by atoms with Gasteiger partial charge in [0.15, 0.2) is 11.5 Å². The number of nitrogens with zero attached hydrogens (tertiary/aromatic N) is 1. The van der Waals surface area contributed by atoms with Gasteiger partial charge in [-0.25, -0.2) is 8.42 Å². The summed E-state index contributed by atoms with van der Waals surface area (Å²) in [6, 6.07) is 10.9. The van der Waals surface area contributed by atoms with Crippen molar-refractivity contribution < 1.29 is 27.4 Å². The highest BCUT2D eigenvalue weighted by molar-refractivity contribution is 7.92. The summed E-state index contributed by atoms with van der Waals surface area (Å²) >= 11 is 0. The van der Waals surface area contributed by atoms with Crippen LogP contribution in [0.1, 0.15) is 38.8 Å². The Morgan fingerprint density at radius 2 is 1.75 bits per heavy atom. The van der Waals surface area contributed by atoms with E-state index in [1.807, 2.05) is 32.0 Å². The monoisotopic (exact) mass is 462 g/mol. The number of benzene rings is 2. The molecule has 2 aromatic rings. The van der Waals surface area contributed by atoms with Gasteiger partial charge >= 0.3 is 0 Å². The molecule has 0 saturated heterocycles. The van der Waals surface area contributed by atoms with Crippen molar-refractivity contribution in [2.24, 2.45) is 0 Å². The van der Waals surface area contributed by atoms with Crippen molar-refractivity contribution >= 4 is 21.6 Å². The Bertz CT molecular complexity index is 1040. The summed E-state index contributed by atoms with van der Waals surface area (Å²) in [4.78, 5) is 13.2. The van der Waals surface area contributed by atoms with E-state index in [1.165, 1.54) is 0 Å². The average molecular weight is 463 g/mol. The van der Waals surface area contributed by atoms with Crippen LogP contribution >= 0.6 is 0 Å². The van der Waals surface area contributed by atoms with Crippen LogP contribution in [0.2, 0.25) is 0 Å². The Morgan fingerprint density at radius 1 is 1.09 bits per heavy atom. The smallest absolute Gasteiger partial charge is 0.244 e. The lowest BCUT2D eigenvalue weighted by Crippen LogP contribution is -2.49. The summed E-state index contributed by atoms with van der Waals surface area (Å²) < 4.78 is 43.1. The van der Waals surface area contributed by atoms with E-state index < -0.39 is 16.1 Å². The number of fused-ring (bicyclic) bond motifs is 1. The molecule has 1 aliphatic heterocycles. The first kappa shape index (κ1) is 23.7. The molecule has 2 atom stereocenters. The largest absolute Gasteiger partial charge is 0.494 e. The summed E-state index contributed by atoms with van der Waals surface area (Å²) in [6.07, 6.45) is 1.41. The van der Waals surface area contributed by atoms with E-state index in [2.05, 4.69) is 5.32 Å². The fourth-order valence-corrected chi connectivity index (χ4v) is 4.85. The first-order valence-corrected chi connectivity index (χ1v) is 12.5. The lowest BCUT2D eigenvalue weighted by molar-refractivity contribution is -0.122. The molecule has 0 saturated carbocycles. The van der Waals surface area contributed by atoms with Gasteiger partial charge in [-0.05, 0) is 62.2 Å². The SMILES string of the molecule is CCOc1ccc(N([C@@H](CC)C(=O)N[C@@H](C)c2ccc3c(c2)OCCO3)S(C)(=O)=O)cc1. The highest BCUT2D eigenvalue weighted by atomic mass is 32.2. The summed E-state index contributed by atoms with van der Waals surface area (Å²) in [6.45, 7) is 6.98. The molecule has 0 fully saturated rings. The van der Waals surface area contributed by atoms with Crippen LogP contribution in [0.25, 0.3) is 0 Å². The van der Waals surface area contributed by atoms with Crippen molar-refractivity contribution in [3.63, 3.8) is 0 Å². The second-order valence-electron chi connectivity index (χ2n) is 7.54. The number of hydrogen-bond donors (Lipinski definition) is 1. The van der Waals surface area contributed by atoms with Gasteiger partial charge in [0.05, 0.1) is 24.6 Å². The minimum atomic E-state index is -3.72. The fourth-order valence-electron chi connectivity index (χ4n) is 3.64. The Kier molecular flexibility index (Phi) is 7.50. The molecule has 0 spiro atoms. The normalized spacial score (nSPS) is 14.9. The standard InChI is InChI=1S/C23H30N2O6S/c1-5-20(25(32(4,27)28)18-8-10-19(11-9-18)29-6-2)23(26)24-16(3)17-7-12-21-22(15-17)31-14-13-30-21/h7-12,15-16,20H,5-6,13-14H2,1-4H3,(H,24,26)/t16-,20-/m0/s1. The number of sulfonamides is 1. The number of carbonyl (C=O) groups excluding carboxylic acids is 1. The van der Waals surface area contributed by atoms with Gasteiger partial charge in [-0.2, -0.15) is 0 Å². The van der Waals surface area contributed by atoms with Gasteiger partial charge in [0.1, 0.15) is 25.0 Å². The number of hydrogen-bond acceptors (Lipinski definition) is 6. The summed E-state index contributed by atoms with van der Waals surface area (Å²) in [7, 11) is -3.72. The molecule has 8 nitrogen and oxygen atoms in total. The fraction of sp³-hybridized carbons (Fsp3) is 0.435. The zero-order chi connectivity index (χ0) is 23.3. The van der Waals surface area contributed by atoms with E-state index >= 15 is 0 Å². The number of carbonyl (C=O) groups is 1. The third-order valence-corrected chi connectivity index (χ3v) is 6.34. The van der Waals surface area contributed by atoms with Crippen molar-refractivity contribution in [3.05, 3.63) is 48.0 Å². The highest BCUT2D eigenvalue weighted by Crippen LogP contribution is 2.33. The van der Waals surface area contributed by atoms with Crippen molar-refractivity contribution in [1.29, 1.82) is 0 Å². The zero-order valence-corrected chi connectivity index (χ0v) is 19.6. The topological polar surface area (TPSA) is 94.2 Å². The molecule has 1 amide bonds. The number of rotatable bonds is 9. The summed E-state index contributed by atoms with van der Waals surface area (Å²) in [5.74, 6) is 1.56. The Morgan fingerprint density at radius 3 is 2.34 bits per heavy atom. The molecule has 1 aliphatic rings. The van der Waals surface area contributed by atoms with E-state index in [-0.39, 0.29) is 11.9 Å². The predicted molar refractivity (Wildman–Crippen MR) is 123 cm³/mol. The average Bonchev–Trinajstić information content (AvgIpc) is 2.77. The number of nitrogens with one attached hydrogen (secondary N) is 1. The van der Waals surface area contributed by atoms with Crippen molar-refractivity contribution in [2.45, 2.75) is 39.3 Å². The third-order valence-electron chi connectivity index (χ3n) is 5.16. The van der Waals surface area contributed by atoms with E-state index in [0.717, 1.165) is 16.1 Å². The lowest BCUT2D eigenvalue weighted by atomic mass is 10.1. The maximum Gasteiger partial charge on any atom is 0.244 e. The number of ether oxygens (including phenoxy) is 3. The molecular formula is C23H30N2O6S. The van der Waals surface area contributed by atoms with Gasteiger partial charge in [0.2, 0.25) is 15.9 Å². The van der Waals surface area contributed by atoms with Crippen LogP contribution in [0.5, 0.6) is 17.2 Å². The van der Waals surface area contributed by atoms with Crippen LogP contribution in [0, 0.1) is 0 Å². The van der Waals surface area contributed by atoms with E-state index in [4.69, 9.17) is 14.2 Å². The first-order valence-electron chi connectivity index (χ1n) is 10.7. The molecule has 0 aliphatic carbocycles. The van der Waals surface area contributed by atoms with E-state index in [0.29, 0.717) is 49.2 Å². The molecule has 1 N–H and O–H groups in total. The van der Waals surface area contributed by atoms with Gasteiger partial charge in [-0.3, -0.25) is 9.10 Å². The van der Waals surface area contributed by atoms with Gasteiger partial charge < -0.3 is 19.5 Å². The van der Waals surface area contributed by atoms with E-state index in [1.54, 1.807) is 31.2 Å². The minimum absolute atomic E-state index is 0.306. The second kappa shape index (κ2) is 10.1. The van der Waals surface area contributed by atoms with Crippen LogP contribution in [-0.4, -0.2) is 46.4 Å². The van der Waals surface area contributed by atoms with E-state index in [9.17, 15) is 13.2 Å². The van der Waals surface area contributed by atoms with Crippen LogP contribution < -0.4 is 23.8 Å². The maximum atomic E-state index is 13.2. The summed E-state index contributed by atoms with van der Waals surface area (Å²) in [5, 5.41) is 2.94. The number of amides is 1. The predicted octanol–water partition coefficient (Wildman–Crippen LogP) is 3.28. The van der Waals surface area contributed by atoms with Crippen LogP contribution in [-0.2, 0) is 14.8 Å². The molecule has 2 aromatic carbocycles. The molecule has 9 heteroatoms. The van der Waals surface area contributed by atoms with Gasteiger partial charge in [0, 0.05) is 0 Å². The van der Waals surface area contributed by atoms with Crippen LogP contribution in [0.4, 0.5) is 5.69 Å². The molecule has 174 valence electrons. The quantitative estimate of drug-likeness (QED) is 0.615. The lowest BCUT2D eigenvalue weighted by Gasteiger charge is -2.31. The van der Waals surface area contributed by atoms with Gasteiger partial charge in [-0.1, -0.05) is 13.0 Å². The maximum absolute atomic E-state index is 13.2. The Hall–Kier alpha value is -2.94. The van der Waals surface area contributed by atoms with Crippen LogP contribution in [0.15, 0.2) is 42.5 Å². The molecule has 0 unspecified atom stereocenters. The third kappa shape index (κ3) is 5.45. The second-order valence-corrected chi connectivity index (χ2v) is 9.40. The van der Waals surface area contributed by atoms with Gasteiger partial charge in [-0.15, -0.1) is 0 Å². The van der Waals surface area contributed by atoms with Crippen molar-refractivity contribution in [3.8, 4) is 17.2 Å². The van der Waals surface area contributed by atoms with Gasteiger partial charge in [0.25, 0.3) is 0 Å². The molecule has 1 heterocycles. The molecule has 32 heavy (non-hydrogen) atoms. The number of anilines is 1.